The minimum Gasteiger partial charge on any atom is -0.497 e. The van der Waals surface area contributed by atoms with Gasteiger partial charge in [0.15, 0.2) is 0 Å². The van der Waals surface area contributed by atoms with Crippen molar-refractivity contribution in [1.29, 1.82) is 0 Å². The van der Waals surface area contributed by atoms with Crippen molar-refractivity contribution >= 4 is 29.6 Å². The lowest BCUT2D eigenvalue weighted by molar-refractivity contribution is -0.179. The molecule has 6 atom stereocenters. The molecule has 3 aliphatic heterocycles. The lowest BCUT2D eigenvalue weighted by Crippen LogP contribution is -2.54. The number of carboxylic acids is 1. The molecule has 3 heterocycles. The fourth-order valence-corrected chi connectivity index (χ4v) is 8.92. The maximum Gasteiger partial charge on any atom is 0.328 e. The highest BCUT2D eigenvalue weighted by Crippen LogP contribution is 2.65. The molecule has 5 aromatic rings. The Morgan fingerprint density at radius 1 is 0.797 bits per heavy atom. The number of fused-ring (bicyclic) bond motifs is 3. The van der Waals surface area contributed by atoms with Gasteiger partial charge in [0.05, 0.1) is 31.5 Å². The smallest absolute Gasteiger partial charge is 0.328 e. The third-order valence-corrected chi connectivity index (χ3v) is 11.3. The molecular formula is C47H41N3O9. The number of urea groups is 1. The molecule has 2 fully saturated rings. The van der Waals surface area contributed by atoms with Gasteiger partial charge in [-0.1, -0.05) is 84.6 Å². The van der Waals surface area contributed by atoms with Gasteiger partial charge >= 0.3 is 18.0 Å². The van der Waals surface area contributed by atoms with Crippen LogP contribution in [0.5, 0.6) is 11.5 Å². The van der Waals surface area contributed by atoms with Crippen molar-refractivity contribution in [3.05, 3.63) is 161 Å². The van der Waals surface area contributed by atoms with E-state index in [1.165, 1.54) is 0 Å². The number of esters is 1. The second kappa shape index (κ2) is 16.1. The molecule has 0 aromatic heterocycles. The van der Waals surface area contributed by atoms with Crippen LogP contribution in [0, 0.1) is 17.8 Å². The number of cyclic esters (lactones) is 1. The lowest BCUT2D eigenvalue weighted by atomic mass is 9.65. The maximum atomic E-state index is 15.7. The number of hydrogen-bond donors (Lipinski definition) is 3. The predicted molar refractivity (Wildman–Crippen MR) is 217 cm³/mol. The van der Waals surface area contributed by atoms with Crippen LogP contribution in [0.4, 0.5) is 10.5 Å². The SMILES string of the molecule is CCNC(=O)N1C(=O)[C@@]2(c3cc(C#Cc4ccc(OC)cc4)ccc31)[C@H](c1ccc(OCCO)cc1)N1[C@H](c3ccccc3)[C@H](c3ccccc3)OC(=O)[C@H]1[C@@H]2C(=O)O. The zero-order valence-electron chi connectivity index (χ0n) is 32.3. The van der Waals surface area contributed by atoms with Crippen molar-refractivity contribution in [2.24, 2.45) is 5.92 Å². The fraction of sp³-hybridized carbons (Fsp3) is 0.234. The number of rotatable bonds is 9. The fourth-order valence-electron chi connectivity index (χ4n) is 8.92. The zero-order valence-corrected chi connectivity index (χ0v) is 32.3. The Morgan fingerprint density at radius 2 is 1.42 bits per heavy atom. The van der Waals surface area contributed by atoms with E-state index in [0.717, 1.165) is 10.5 Å². The number of carbonyl (C=O) groups is 4. The van der Waals surface area contributed by atoms with Crippen molar-refractivity contribution in [2.75, 3.05) is 31.8 Å². The number of imide groups is 1. The number of aliphatic hydroxyl groups excluding tert-OH is 1. The van der Waals surface area contributed by atoms with Crippen LogP contribution < -0.4 is 19.7 Å². The first-order chi connectivity index (χ1) is 28.7. The second-order valence-electron chi connectivity index (χ2n) is 14.4. The Labute approximate surface area is 340 Å². The number of methoxy groups -OCH3 is 1. The summed E-state index contributed by atoms with van der Waals surface area (Å²) in [5, 5.41) is 23.7. The van der Waals surface area contributed by atoms with Gasteiger partial charge in [-0.25, -0.2) is 9.69 Å². The van der Waals surface area contributed by atoms with Gasteiger partial charge in [-0.15, -0.1) is 0 Å². The first-order valence-electron chi connectivity index (χ1n) is 19.3. The summed E-state index contributed by atoms with van der Waals surface area (Å²) in [5.41, 5.74) is 1.35. The number of amides is 3. The van der Waals surface area contributed by atoms with Crippen LogP contribution in [-0.4, -0.2) is 71.9 Å². The lowest BCUT2D eigenvalue weighted by Gasteiger charge is -2.46. The first kappa shape index (κ1) is 38.9. The molecule has 0 aliphatic carbocycles. The van der Waals surface area contributed by atoms with Gasteiger partial charge in [0.1, 0.15) is 41.6 Å². The zero-order chi connectivity index (χ0) is 41.3. The van der Waals surface area contributed by atoms with Crippen LogP contribution in [0.1, 0.15) is 58.5 Å². The Kier molecular flexibility index (Phi) is 10.6. The number of morpholine rings is 1. The summed E-state index contributed by atoms with van der Waals surface area (Å²) in [6.07, 6.45) is -0.918. The molecule has 12 heteroatoms. The predicted octanol–water partition coefficient (Wildman–Crippen LogP) is 5.95. The highest BCUT2D eigenvalue weighted by molar-refractivity contribution is 6.24. The minimum absolute atomic E-state index is 0.0381. The van der Waals surface area contributed by atoms with Crippen LogP contribution in [0.15, 0.2) is 127 Å². The summed E-state index contributed by atoms with van der Waals surface area (Å²) < 4.78 is 17.3. The molecule has 0 bridgehead atoms. The summed E-state index contributed by atoms with van der Waals surface area (Å²) in [6, 6.07) is 33.3. The van der Waals surface area contributed by atoms with Crippen LogP contribution >= 0.6 is 0 Å². The molecule has 0 radical (unpaired) electrons. The number of nitrogens with zero attached hydrogens (tertiary/aromatic N) is 2. The molecule has 1 spiro atoms. The molecule has 8 rings (SSSR count). The van der Waals surface area contributed by atoms with Gasteiger partial charge in [-0.05, 0) is 83.8 Å². The molecule has 2 saturated heterocycles. The average Bonchev–Trinajstić information content (AvgIpc) is 3.72. The Hall–Kier alpha value is -6.94. The molecule has 59 heavy (non-hydrogen) atoms. The Morgan fingerprint density at radius 3 is 2.05 bits per heavy atom. The molecular weight excluding hydrogens is 751 g/mol. The number of aliphatic hydroxyl groups is 1. The van der Waals surface area contributed by atoms with E-state index in [9.17, 15) is 24.6 Å². The van der Waals surface area contributed by atoms with Gasteiger partial charge in [0.25, 0.3) is 0 Å². The highest BCUT2D eigenvalue weighted by Gasteiger charge is 2.76. The van der Waals surface area contributed by atoms with Gasteiger partial charge in [0, 0.05) is 17.7 Å². The molecule has 0 saturated carbocycles. The summed E-state index contributed by atoms with van der Waals surface area (Å²) in [6.45, 7) is 1.73. The summed E-state index contributed by atoms with van der Waals surface area (Å²) in [4.78, 5) is 61.5. The van der Waals surface area contributed by atoms with E-state index in [2.05, 4.69) is 17.2 Å². The Balaban J connectivity index is 1.42. The van der Waals surface area contributed by atoms with Crippen molar-refractivity contribution in [3.63, 3.8) is 0 Å². The van der Waals surface area contributed by atoms with E-state index in [1.807, 2.05) is 65.6 Å². The standard InChI is InChI=1S/C47H41N3O9/c1-3-48-46(56)49-37-25-18-30(15-14-29-16-21-34(57-2)22-17-29)28-36(37)47(45(49)55)38(43(52)53)40-44(54)59-41(32-12-8-5-9-13-32)39(31-10-6-4-7-11-31)50(40)42(47)33-19-23-35(24-20-33)58-27-26-51/h4-13,16-25,28,38-42,51H,3,26-27H2,1-2H3,(H,48,56)(H,52,53)/t38-,39-,40-,41+,42+,47-/m1/s1. The van der Waals surface area contributed by atoms with Crippen molar-refractivity contribution in [1.82, 2.24) is 10.2 Å². The van der Waals surface area contributed by atoms with Crippen LogP contribution in [0.25, 0.3) is 0 Å². The van der Waals surface area contributed by atoms with E-state index < -0.39 is 59.4 Å². The van der Waals surface area contributed by atoms with Crippen molar-refractivity contribution in [2.45, 2.75) is 36.6 Å². The van der Waals surface area contributed by atoms with E-state index in [4.69, 9.17) is 14.2 Å². The molecule has 3 N–H and O–H groups in total. The second-order valence-corrected chi connectivity index (χ2v) is 14.4. The highest BCUT2D eigenvalue weighted by atomic mass is 16.6. The van der Waals surface area contributed by atoms with Gasteiger partial charge in [-0.2, -0.15) is 0 Å². The number of hydrogen-bond acceptors (Lipinski definition) is 9. The van der Waals surface area contributed by atoms with Crippen LogP contribution in [0.3, 0.4) is 0 Å². The monoisotopic (exact) mass is 791 g/mol. The van der Waals surface area contributed by atoms with Crippen molar-refractivity contribution < 1.29 is 43.6 Å². The van der Waals surface area contributed by atoms with E-state index in [1.54, 1.807) is 80.8 Å². The third kappa shape index (κ3) is 6.64. The quantitative estimate of drug-likeness (QED) is 0.121. The Bertz CT molecular complexity index is 2450. The average molecular weight is 792 g/mol. The van der Waals surface area contributed by atoms with E-state index in [0.29, 0.717) is 33.8 Å². The van der Waals surface area contributed by atoms with Gasteiger partial charge < -0.3 is 29.7 Å². The summed E-state index contributed by atoms with van der Waals surface area (Å²) in [7, 11) is 1.57. The molecule has 3 aliphatic rings. The summed E-state index contributed by atoms with van der Waals surface area (Å²) in [5.74, 6) is 2.62. The topological polar surface area (TPSA) is 155 Å². The molecule has 12 nitrogen and oxygen atoms in total. The van der Waals surface area contributed by atoms with E-state index >= 15 is 4.79 Å². The van der Waals surface area contributed by atoms with Gasteiger partial charge in [-0.3, -0.25) is 19.3 Å². The number of anilines is 1. The van der Waals surface area contributed by atoms with Crippen LogP contribution in [0.2, 0.25) is 0 Å². The summed E-state index contributed by atoms with van der Waals surface area (Å²) >= 11 is 0. The van der Waals surface area contributed by atoms with Crippen LogP contribution in [-0.2, 0) is 24.5 Å². The molecule has 3 amide bonds. The first-order valence-corrected chi connectivity index (χ1v) is 19.3. The van der Waals surface area contributed by atoms with Gasteiger partial charge in [0.2, 0.25) is 5.91 Å². The molecule has 298 valence electrons. The molecule has 0 unspecified atom stereocenters. The van der Waals surface area contributed by atoms with Crippen molar-refractivity contribution in [3.8, 4) is 23.3 Å². The minimum atomic E-state index is -2.08. The largest absolute Gasteiger partial charge is 0.497 e. The third-order valence-electron chi connectivity index (χ3n) is 11.3. The normalized spacial score (nSPS) is 23.1. The number of ether oxygens (including phenoxy) is 3. The maximum absolute atomic E-state index is 15.7. The molecule has 5 aromatic carbocycles. The number of benzene rings is 5. The number of aliphatic carboxylic acids is 1. The van der Waals surface area contributed by atoms with E-state index in [-0.39, 0.29) is 31.0 Å². The number of nitrogens with one attached hydrogen (secondary N) is 1. The number of carbonyl (C=O) groups excluding carboxylic acids is 3. The number of carboxylic acid groups (broad SMARTS) is 1.